The fourth-order valence-electron chi connectivity index (χ4n) is 2.65. The highest BCUT2D eigenvalue weighted by atomic mass is 16.2. The van der Waals surface area contributed by atoms with Gasteiger partial charge in [-0.15, -0.1) is 0 Å². The molecule has 0 spiro atoms. The summed E-state index contributed by atoms with van der Waals surface area (Å²) >= 11 is 0. The number of aromatic nitrogens is 2. The minimum absolute atomic E-state index is 0.252. The third-order valence-corrected chi connectivity index (χ3v) is 3.85. The van der Waals surface area contributed by atoms with Crippen molar-refractivity contribution in [1.82, 2.24) is 20.0 Å². The summed E-state index contributed by atoms with van der Waals surface area (Å²) in [6, 6.07) is 2.38. The smallest absolute Gasteiger partial charge is 0.224 e. The quantitative estimate of drug-likeness (QED) is 0.786. The van der Waals surface area contributed by atoms with Crippen LogP contribution in [0.2, 0.25) is 0 Å². The van der Waals surface area contributed by atoms with Crippen molar-refractivity contribution in [3.8, 4) is 0 Å². The predicted molar refractivity (Wildman–Crippen MR) is 79.4 cm³/mol. The first kappa shape index (κ1) is 15.0. The van der Waals surface area contributed by atoms with Gasteiger partial charge in [0.25, 0.3) is 0 Å². The number of hydrogen-bond donors (Lipinski definition) is 1. The topological polar surface area (TPSA) is 50.2 Å². The van der Waals surface area contributed by atoms with Crippen LogP contribution in [0.3, 0.4) is 0 Å². The molecule has 1 unspecified atom stereocenters. The van der Waals surface area contributed by atoms with Crippen LogP contribution >= 0.6 is 0 Å². The number of hydrogen-bond acceptors (Lipinski definition) is 3. The normalized spacial score (nSPS) is 18.4. The number of nitrogens with one attached hydrogen (secondary N) is 1. The maximum atomic E-state index is 12.4. The molecule has 5 nitrogen and oxygen atoms in total. The van der Waals surface area contributed by atoms with Crippen molar-refractivity contribution in [3.63, 3.8) is 0 Å². The Labute approximate surface area is 121 Å². The summed E-state index contributed by atoms with van der Waals surface area (Å²) in [6.45, 7) is 5.67. The Hall–Kier alpha value is -1.36. The standard InChI is InChI=1S/C15H26N4O/c1-2-3-10-18(13-14-6-4-8-16-14)15(20)7-12-19-11-5-9-17-19/h5,9,11,14,16H,2-4,6-8,10,12-13H2,1H3. The van der Waals surface area contributed by atoms with E-state index < -0.39 is 0 Å². The molecule has 0 bridgehead atoms. The van der Waals surface area contributed by atoms with E-state index in [0.29, 0.717) is 19.0 Å². The van der Waals surface area contributed by atoms with E-state index in [9.17, 15) is 4.79 Å². The summed E-state index contributed by atoms with van der Waals surface area (Å²) < 4.78 is 1.82. The van der Waals surface area contributed by atoms with Crippen molar-refractivity contribution < 1.29 is 4.79 Å². The molecule has 1 N–H and O–H groups in total. The number of nitrogens with zero attached hydrogens (tertiary/aromatic N) is 3. The fraction of sp³-hybridized carbons (Fsp3) is 0.733. The van der Waals surface area contributed by atoms with E-state index in [-0.39, 0.29) is 5.91 Å². The third-order valence-electron chi connectivity index (χ3n) is 3.85. The average molecular weight is 278 g/mol. The molecule has 5 heteroatoms. The highest BCUT2D eigenvalue weighted by molar-refractivity contribution is 5.76. The second-order valence-electron chi connectivity index (χ2n) is 5.51. The Morgan fingerprint density at radius 1 is 1.55 bits per heavy atom. The average Bonchev–Trinajstić information content (AvgIpc) is 3.13. The second kappa shape index (κ2) is 8.04. The van der Waals surface area contributed by atoms with Gasteiger partial charge in [0, 0.05) is 44.5 Å². The summed E-state index contributed by atoms with van der Waals surface area (Å²) in [5.41, 5.74) is 0. The Kier molecular flexibility index (Phi) is 6.05. The van der Waals surface area contributed by atoms with Gasteiger partial charge in [0.05, 0.1) is 0 Å². The highest BCUT2D eigenvalue weighted by Crippen LogP contribution is 2.09. The van der Waals surface area contributed by atoms with E-state index in [4.69, 9.17) is 0 Å². The minimum atomic E-state index is 0.252. The number of amides is 1. The molecule has 0 aliphatic carbocycles. The van der Waals surface area contributed by atoms with Gasteiger partial charge in [-0.2, -0.15) is 5.10 Å². The summed E-state index contributed by atoms with van der Waals surface area (Å²) in [5.74, 6) is 0.252. The molecule has 1 aromatic rings. The van der Waals surface area contributed by atoms with Crippen molar-refractivity contribution >= 4 is 5.91 Å². The number of aryl methyl sites for hydroxylation is 1. The van der Waals surface area contributed by atoms with E-state index in [1.54, 1.807) is 6.20 Å². The van der Waals surface area contributed by atoms with Crippen LogP contribution in [0, 0.1) is 0 Å². The second-order valence-corrected chi connectivity index (χ2v) is 5.51. The first-order valence-electron chi connectivity index (χ1n) is 7.78. The fourth-order valence-corrected chi connectivity index (χ4v) is 2.65. The zero-order chi connectivity index (χ0) is 14.2. The van der Waals surface area contributed by atoms with Crippen molar-refractivity contribution in [2.75, 3.05) is 19.6 Å². The van der Waals surface area contributed by atoms with Gasteiger partial charge in [-0.3, -0.25) is 9.48 Å². The van der Waals surface area contributed by atoms with Gasteiger partial charge in [0.15, 0.2) is 0 Å². The first-order chi connectivity index (χ1) is 9.79. The lowest BCUT2D eigenvalue weighted by atomic mass is 10.2. The SMILES string of the molecule is CCCCN(CC1CCCN1)C(=O)CCn1cccn1. The lowest BCUT2D eigenvalue weighted by Crippen LogP contribution is -2.41. The van der Waals surface area contributed by atoms with Gasteiger partial charge in [-0.25, -0.2) is 0 Å². The Morgan fingerprint density at radius 2 is 2.45 bits per heavy atom. The zero-order valence-electron chi connectivity index (χ0n) is 12.4. The molecule has 20 heavy (non-hydrogen) atoms. The molecule has 2 rings (SSSR count). The predicted octanol–water partition coefficient (Wildman–Crippen LogP) is 1.65. The third kappa shape index (κ3) is 4.63. The van der Waals surface area contributed by atoms with E-state index in [1.165, 1.54) is 12.8 Å². The lowest BCUT2D eigenvalue weighted by Gasteiger charge is -2.26. The zero-order valence-corrected chi connectivity index (χ0v) is 12.4. The molecule has 1 aromatic heterocycles. The van der Waals surface area contributed by atoms with Crippen molar-refractivity contribution in [2.45, 2.75) is 51.6 Å². The summed E-state index contributed by atoms with van der Waals surface area (Å²) in [6.07, 6.45) is 8.83. The molecule has 1 saturated heterocycles. The van der Waals surface area contributed by atoms with Gasteiger partial charge < -0.3 is 10.2 Å². The molecule has 0 radical (unpaired) electrons. The molecule has 1 fully saturated rings. The molecule has 1 aliphatic heterocycles. The molecule has 0 aromatic carbocycles. The first-order valence-corrected chi connectivity index (χ1v) is 7.78. The van der Waals surface area contributed by atoms with Crippen LogP contribution in [0.25, 0.3) is 0 Å². The van der Waals surface area contributed by atoms with Gasteiger partial charge in [0.1, 0.15) is 0 Å². The van der Waals surface area contributed by atoms with Crippen LogP contribution in [0.1, 0.15) is 39.0 Å². The summed E-state index contributed by atoms with van der Waals surface area (Å²) in [5, 5.41) is 7.62. The molecule has 112 valence electrons. The van der Waals surface area contributed by atoms with Crippen LogP contribution < -0.4 is 5.32 Å². The van der Waals surface area contributed by atoms with Gasteiger partial charge in [0.2, 0.25) is 5.91 Å². The number of carbonyl (C=O) groups is 1. The Morgan fingerprint density at radius 3 is 3.10 bits per heavy atom. The van der Waals surface area contributed by atoms with Crippen LogP contribution in [-0.4, -0.2) is 46.3 Å². The monoisotopic (exact) mass is 278 g/mol. The van der Waals surface area contributed by atoms with Crippen LogP contribution in [0.4, 0.5) is 0 Å². The van der Waals surface area contributed by atoms with Gasteiger partial charge in [-0.1, -0.05) is 13.3 Å². The minimum Gasteiger partial charge on any atom is -0.341 e. The number of unbranched alkanes of at least 4 members (excludes halogenated alkanes) is 1. The molecular weight excluding hydrogens is 252 g/mol. The van der Waals surface area contributed by atoms with Crippen molar-refractivity contribution in [2.24, 2.45) is 0 Å². The Bertz CT molecular complexity index is 385. The summed E-state index contributed by atoms with van der Waals surface area (Å²) in [7, 11) is 0. The number of carbonyl (C=O) groups excluding carboxylic acids is 1. The summed E-state index contributed by atoms with van der Waals surface area (Å²) in [4.78, 5) is 14.4. The van der Waals surface area contributed by atoms with E-state index in [1.807, 2.05) is 21.8 Å². The largest absolute Gasteiger partial charge is 0.341 e. The highest BCUT2D eigenvalue weighted by Gasteiger charge is 2.20. The lowest BCUT2D eigenvalue weighted by molar-refractivity contribution is -0.131. The van der Waals surface area contributed by atoms with E-state index >= 15 is 0 Å². The maximum absolute atomic E-state index is 12.4. The molecule has 1 amide bonds. The van der Waals surface area contributed by atoms with Gasteiger partial charge >= 0.3 is 0 Å². The maximum Gasteiger partial charge on any atom is 0.224 e. The number of rotatable bonds is 8. The van der Waals surface area contributed by atoms with Gasteiger partial charge in [-0.05, 0) is 31.9 Å². The van der Waals surface area contributed by atoms with Crippen molar-refractivity contribution in [1.29, 1.82) is 0 Å². The van der Waals surface area contributed by atoms with Crippen LogP contribution in [0.5, 0.6) is 0 Å². The van der Waals surface area contributed by atoms with Crippen LogP contribution in [0.15, 0.2) is 18.5 Å². The molecule has 2 heterocycles. The Balaban J connectivity index is 1.81. The van der Waals surface area contributed by atoms with E-state index in [0.717, 1.165) is 32.5 Å². The molecule has 1 aliphatic rings. The molecule has 1 atom stereocenters. The molecular formula is C15H26N4O. The van der Waals surface area contributed by atoms with E-state index in [2.05, 4.69) is 17.3 Å². The van der Waals surface area contributed by atoms with Crippen LogP contribution in [-0.2, 0) is 11.3 Å². The van der Waals surface area contributed by atoms with Crippen molar-refractivity contribution in [3.05, 3.63) is 18.5 Å². The molecule has 0 saturated carbocycles.